The number of benzene rings is 6. The monoisotopic (exact) mass is 568 g/mol. The van der Waals surface area contributed by atoms with E-state index in [-0.39, 0.29) is 33.2 Å². The first kappa shape index (κ1) is 29.2. The molecule has 0 saturated carbocycles. The van der Waals surface area contributed by atoms with Crippen molar-refractivity contribution in [3.05, 3.63) is 168 Å². The second-order valence-corrected chi connectivity index (χ2v) is 9.03. The summed E-state index contributed by atoms with van der Waals surface area (Å²) in [5.74, 6) is 0.384. The van der Waals surface area contributed by atoms with Gasteiger partial charge in [-0.1, -0.05) is 157 Å². The van der Waals surface area contributed by atoms with Gasteiger partial charge in [0.1, 0.15) is 11.5 Å². The molecule has 0 aliphatic heterocycles. The van der Waals surface area contributed by atoms with Gasteiger partial charge >= 0.3 is 21.7 Å². The van der Waals surface area contributed by atoms with Crippen molar-refractivity contribution < 1.29 is 31.9 Å². The van der Waals surface area contributed by atoms with Crippen molar-refractivity contribution in [1.82, 2.24) is 0 Å². The molecule has 2 N–H and O–H groups in total. The van der Waals surface area contributed by atoms with Crippen LogP contribution in [0.2, 0.25) is 0 Å². The number of para-hydroxylation sites is 4. The quantitative estimate of drug-likeness (QED) is 0.196. The van der Waals surface area contributed by atoms with Gasteiger partial charge in [0.05, 0.1) is 0 Å². The molecule has 0 radical (unpaired) electrons. The van der Waals surface area contributed by atoms with Gasteiger partial charge < -0.3 is 20.8 Å². The number of aromatic hydroxyl groups is 2. The molecule has 0 saturated heterocycles. The van der Waals surface area contributed by atoms with Crippen LogP contribution in [0.5, 0.6) is 11.5 Å². The molecule has 0 amide bonds. The van der Waals surface area contributed by atoms with E-state index < -0.39 is 0 Å². The van der Waals surface area contributed by atoms with E-state index in [1.807, 2.05) is 84.9 Å². The van der Waals surface area contributed by atoms with Gasteiger partial charge in [-0.05, 0) is 34.4 Å². The van der Waals surface area contributed by atoms with Crippen molar-refractivity contribution in [1.29, 1.82) is 0 Å². The third kappa shape index (κ3) is 8.12. The first-order valence-corrected chi connectivity index (χ1v) is 13.0. The Morgan fingerprint density at radius 2 is 0.683 bits per heavy atom. The van der Waals surface area contributed by atoms with Crippen molar-refractivity contribution in [3.63, 3.8) is 0 Å². The summed E-state index contributed by atoms with van der Waals surface area (Å²) in [7, 11) is 0. The zero-order valence-electron chi connectivity index (χ0n) is 22.3. The molecule has 6 aromatic carbocycles. The summed E-state index contributed by atoms with van der Waals surface area (Å²) >= 11 is 0. The molecule has 0 bridgehead atoms. The fraction of sp³-hybridized carbons (Fsp3) is 0. The van der Waals surface area contributed by atoms with E-state index in [9.17, 15) is 10.2 Å². The Hall–Kier alpha value is -4.77. The molecule has 0 unspecified atom stereocenters. The van der Waals surface area contributed by atoms with Crippen LogP contribution < -0.4 is 0 Å². The summed E-state index contributed by atoms with van der Waals surface area (Å²) in [4.78, 5) is 0. The van der Waals surface area contributed by atoms with Gasteiger partial charge in [0, 0.05) is 0 Å². The van der Waals surface area contributed by atoms with Gasteiger partial charge in [-0.15, -0.1) is 11.4 Å². The van der Waals surface area contributed by atoms with Crippen LogP contribution in [0.15, 0.2) is 158 Å². The fourth-order valence-electron chi connectivity index (χ4n) is 4.17. The molecular weight excluding hydrogens is 540 g/mol. The maximum atomic E-state index is 9.76. The normalized spacial score (nSPS) is 9.95. The largest absolute Gasteiger partial charge is 2.00 e. The van der Waals surface area contributed by atoms with Crippen LogP contribution in [0.3, 0.4) is 0 Å². The summed E-state index contributed by atoms with van der Waals surface area (Å²) in [5, 5.41) is 28.5. The maximum Gasteiger partial charge on any atom is 2.00 e. The Balaban J connectivity index is 0.000000184. The van der Waals surface area contributed by atoms with E-state index in [4.69, 9.17) is 0 Å². The third-order valence-electron chi connectivity index (χ3n) is 6.17. The second kappa shape index (κ2) is 14.6. The number of rotatable bonds is 6. The Bertz CT molecular complexity index is 1550. The van der Waals surface area contributed by atoms with Gasteiger partial charge in [-0.25, -0.2) is 0 Å². The number of phenolic OH excluding ortho intramolecular Hbond substituents is 2. The van der Waals surface area contributed by atoms with E-state index in [1.165, 1.54) is 0 Å². The molecule has 0 aromatic heterocycles. The first-order valence-electron chi connectivity index (χ1n) is 13.0. The van der Waals surface area contributed by atoms with Gasteiger partial charge in [-0.2, -0.15) is 0 Å². The Morgan fingerprint density at radius 1 is 0.341 bits per heavy atom. The van der Waals surface area contributed by atoms with Crippen molar-refractivity contribution in [2.45, 2.75) is 0 Å². The van der Waals surface area contributed by atoms with E-state index in [2.05, 4.69) is 47.0 Å². The van der Waals surface area contributed by atoms with Crippen LogP contribution in [0.4, 0.5) is 22.7 Å². The number of nitrogens with zero attached hydrogens (tertiary/aromatic N) is 2. The van der Waals surface area contributed by atoms with Gasteiger partial charge in [0.2, 0.25) is 0 Å². The number of hydrogen-bond donors (Lipinski definition) is 2. The second-order valence-electron chi connectivity index (χ2n) is 9.03. The molecule has 5 heteroatoms. The van der Waals surface area contributed by atoms with Crippen LogP contribution in [-0.2, 0) is 21.7 Å². The summed E-state index contributed by atoms with van der Waals surface area (Å²) in [6.45, 7) is 0. The Morgan fingerprint density at radius 3 is 1.07 bits per heavy atom. The van der Waals surface area contributed by atoms with Gasteiger partial charge in [0.25, 0.3) is 0 Å². The maximum absolute atomic E-state index is 9.76. The molecule has 6 rings (SSSR count). The molecule has 0 heterocycles. The fourth-order valence-corrected chi connectivity index (χ4v) is 4.17. The minimum Gasteiger partial charge on any atom is -0.655 e. The molecule has 4 nitrogen and oxygen atoms in total. The van der Waals surface area contributed by atoms with E-state index in [1.54, 1.807) is 36.4 Å². The molecule has 0 aliphatic rings. The van der Waals surface area contributed by atoms with Crippen molar-refractivity contribution in [2.24, 2.45) is 0 Å². The zero-order valence-corrected chi connectivity index (χ0v) is 23.9. The topological polar surface area (TPSA) is 68.7 Å². The molecule has 0 atom stereocenters. The SMILES string of the molecule is Oc1ccccc1[N-]c1cccc(-c2ccccc2)c1.Oc1ccccc1[N-]c1cccc(-c2ccccc2)c1.[Ti+2]. The van der Waals surface area contributed by atoms with Crippen molar-refractivity contribution >= 4 is 22.7 Å². The van der Waals surface area contributed by atoms with E-state index >= 15 is 0 Å². The number of hydrogen-bond acceptors (Lipinski definition) is 2. The van der Waals surface area contributed by atoms with Gasteiger partial charge in [-0.3, -0.25) is 0 Å². The van der Waals surface area contributed by atoms with Crippen LogP contribution in [0, 0.1) is 0 Å². The van der Waals surface area contributed by atoms with Crippen LogP contribution in [0.25, 0.3) is 32.9 Å². The van der Waals surface area contributed by atoms with Crippen LogP contribution in [0.1, 0.15) is 0 Å². The van der Waals surface area contributed by atoms with Gasteiger partial charge in [0.15, 0.2) is 0 Å². The molecule has 0 spiro atoms. The average Bonchev–Trinajstić information content (AvgIpc) is 3.01. The predicted molar refractivity (Wildman–Crippen MR) is 165 cm³/mol. The summed E-state index contributed by atoms with van der Waals surface area (Å²) < 4.78 is 0. The molecule has 41 heavy (non-hydrogen) atoms. The standard InChI is InChI=1S/2C18H14NO.Ti/c2*20-18-12-5-4-11-17(18)19-16-10-6-9-15(13-16)14-7-2-1-3-8-14;/h2*1-13,20H;/q2*-1;+2. The Labute approximate surface area is 255 Å². The summed E-state index contributed by atoms with van der Waals surface area (Å²) in [6, 6.07) is 50.4. The predicted octanol–water partition coefficient (Wildman–Crippen LogP) is 10.8. The van der Waals surface area contributed by atoms with Crippen molar-refractivity contribution in [3.8, 4) is 33.8 Å². The summed E-state index contributed by atoms with van der Waals surface area (Å²) in [5.41, 5.74) is 7.35. The van der Waals surface area contributed by atoms with Crippen LogP contribution in [-0.4, -0.2) is 10.2 Å². The zero-order chi connectivity index (χ0) is 27.6. The molecule has 0 aliphatic carbocycles. The third-order valence-corrected chi connectivity index (χ3v) is 6.17. The average molecular weight is 568 g/mol. The van der Waals surface area contributed by atoms with E-state index in [0.717, 1.165) is 33.6 Å². The number of phenols is 2. The summed E-state index contributed by atoms with van der Waals surface area (Å²) in [6.07, 6.45) is 0. The van der Waals surface area contributed by atoms with Crippen LogP contribution >= 0.6 is 0 Å². The Kier molecular flexibility index (Phi) is 10.4. The molecule has 0 fully saturated rings. The molecular formula is C36H28N2O2Ti. The minimum absolute atomic E-state index is 0. The first-order chi connectivity index (χ1) is 19.7. The van der Waals surface area contributed by atoms with Crippen molar-refractivity contribution in [2.75, 3.05) is 0 Å². The molecule has 6 aromatic rings. The minimum atomic E-state index is 0. The smallest absolute Gasteiger partial charge is 0.655 e. The van der Waals surface area contributed by atoms with E-state index in [0.29, 0.717) is 11.4 Å². The molecule has 198 valence electrons.